The summed E-state index contributed by atoms with van der Waals surface area (Å²) in [7, 11) is 0. The fourth-order valence-corrected chi connectivity index (χ4v) is 2.78. The van der Waals surface area contributed by atoms with Crippen molar-refractivity contribution in [1.82, 2.24) is 5.32 Å². The van der Waals surface area contributed by atoms with Crippen molar-refractivity contribution in [2.75, 3.05) is 6.61 Å². The Bertz CT molecular complexity index is 441. The average molecular weight is 292 g/mol. The summed E-state index contributed by atoms with van der Waals surface area (Å²) >= 11 is 11.8. The third-order valence-electron chi connectivity index (χ3n) is 3.35. The van der Waals surface area contributed by atoms with Crippen LogP contribution < -0.4 is 5.32 Å². The van der Waals surface area contributed by atoms with E-state index in [4.69, 9.17) is 27.9 Å². The SMILES string of the molecule is CC(NC1CCOC1C)c1cc(F)c(Cl)cc1Cl. The normalized spacial score (nSPS) is 25.4. The predicted molar refractivity (Wildman–Crippen MR) is 71.8 cm³/mol. The smallest absolute Gasteiger partial charge is 0.142 e. The first-order chi connectivity index (χ1) is 8.49. The summed E-state index contributed by atoms with van der Waals surface area (Å²) in [5, 5.41) is 3.94. The maximum atomic E-state index is 13.5. The van der Waals surface area contributed by atoms with Gasteiger partial charge >= 0.3 is 0 Å². The summed E-state index contributed by atoms with van der Waals surface area (Å²) in [5.41, 5.74) is 0.720. The van der Waals surface area contributed by atoms with Gasteiger partial charge in [0.1, 0.15) is 5.82 Å². The quantitative estimate of drug-likeness (QED) is 0.851. The van der Waals surface area contributed by atoms with Gasteiger partial charge in [0.2, 0.25) is 0 Å². The zero-order chi connectivity index (χ0) is 13.3. The molecule has 5 heteroatoms. The first-order valence-corrected chi connectivity index (χ1v) is 6.76. The lowest BCUT2D eigenvalue weighted by atomic mass is 10.0. The molecule has 1 N–H and O–H groups in total. The molecule has 1 heterocycles. The molecule has 0 saturated carbocycles. The van der Waals surface area contributed by atoms with Gasteiger partial charge in [-0.1, -0.05) is 23.2 Å². The molecule has 1 aromatic rings. The van der Waals surface area contributed by atoms with Gasteiger partial charge in [0, 0.05) is 23.7 Å². The van der Waals surface area contributed by atoms with Crippen LogP contribution in [0.3, 0.4) is 0 Å². The van der Waals surface area contributed by atoms with Crippen molar-refractivity contribution in [2.45, 2.75) is 38.5 Å². The summed E-state index contributed by atoms with van der Waals surface area (Å²) < 4.78 is 19.0. The molecule has 100 valence electrons. The second kappa shape index (κ2) is 5.74. The lowest BCUT2D eigenvalue weighted by Crippen LogP contribution is -2.36. The van der Waals surface area contributed by atoms with Gasteiger partial charge < -0.3 is 10.1 Å². The van der Waals surface area contributed by atoms with Crippen LogP contribution in [-0.2, 0) is 4.74 Å². The van der Waals surface area contributed by atoms with Crippen molar-refractivity contribution in [1.29, 1.82) is 0 Å². The van der Waals surface area contributed by atoms with Gasteiger partial charge in [-0.3, -0.25) is 0 Å². The highest BCUT2D eigenvalue weighted by molar-refractivity contribution is 6.35. The van der Waals surface area contributed by atoms with Crippen LogP contribution in [0.4, 0.5) is 4.39 Å². The highest BCUT2D eigenvalue weighted by atomic mass is 35.5. The lowest BCUT2D eigenvalue weighted by molar-refractivity contribution is 0.111. The zero-order valence-corrected chi connectivity index (χ0v) is 11.9. The maximum absolute atomic E-state index is 13.5. The molecule has 3 atom stereocenters. The summed E-state index contributed by atoms with van der Waals surface area (Å²) in [5.74, 6) is -0.444. The largest absolute Gasteiger partial charge is 0.377 e. The number of ether oxygens (including phenoxy) is 1. The first kappa shape index (κ1) is 14.1. The molecule has 3 unspecified atom stereocenters. The minimum absolute atomic E-state index is 0.0431. The van der Waals surface area contributed by atoms with E-state index in [9.17, 15) is 4.39 Å². The van der Waals surface area contributed by atoms with Gasteiger partial charge in [0.15, 0.2) is 0 Å². The highest BCUT2D eigenvalue weighted by Crippen LogP contribution is 2.29. The second-order valence-corrected chi connectivity index (χ2v) is 5.46. The Balaban J connectivity index is 2.13. The molecule has 0 aliphatic carbocycles. The number of rotatable bonds is 3. The third kappa shape index (κ3) is 2.97. The van der Waals surface area contributed by atoms with Gasteiger partial charge in [-0.2, -0.15) is 0 Å². The van der Waals surface area contributed by atoms with Crippen LogP contribution >= 0.6 is 23.2 Å². The van der Waals surface area contributed by atoms with Crippen molar-refractivity contribution >= 4 is 23.2 Å². The fraction of sp³-hybridized carbons (Fsp3) is 0.538. The standard InChI is InChI=1S/C13H16Cl2FNO/c1-7(17-13-3-4-18-8(13)2)9-5-12(16)11(15)6-10(9)14/h5-8,13,17H,3-4H2,1-2H3. The van der Waals surface area contributed by atoms with Crippen molar-refractivity contribution in [2.24, 2.45) is 0 Å². The minimum atomic E-state index is -0.444. The summed E-state index contributed by atoms with van der Waals surface area (Å²) in [6, 6.07) is 3.07. The summed E-state index contributed by atoms with van der Waals surface area (Å²) in [4.78, 5) is 0. The number of hydrogen-bond donors (Lipinski definition) is 1. The number of hydrogen-bond acceptors (Lipinski definition) is 2. The average Bonchev–Trinajstić information content (AvgIpc) is 2.69. The van der Waals surface area contributed by atoms with Gasteiger partial charge in [0.05, 0.1) is 11.1 Å². The van der Waals surface area contributed by atoms with Gasteiger partial charge in [-0.05, 0) is 38.0 Å². The highest BCUT2D eigenvalue weighted by Gasteiger charge is 2.26. The van der Waals surface area contributed by atoms with Gasteiger partial charge in [0.25, 0.3) is 0 Å². The molecule has 2 nitrogen and oxygen atoms in total. The van der Waals surface area contributed by atoms with E-state index < -0.39 is 5.82 Å². The van der Waals surface area contributed by atoms with E-state index in [1.165, 1.54) is 12.1 Å². The molecule has 1 aromatic carbocycles. The van der Waals surface area contributed by atoms with E-state index in [-0.39, 0.29) is 23.2 Å². The van der Waals surface area contributed by atoms with E-state index in [0.717, 1.165) is 18.6 Å². The van der Waals surface area contributed by atoms with E-state index in [2.05, 4.69) is 5.32 Å². The number of nitrogens with one attached hydrogen (secondary N) is 1. The van der Waals surface area contributed by atoms with Crippen molar-refractivity contribution in [3.63, 3.8) is 0 Å². The molecular formula is C13H16Cl2FNO. The molecular weight excluding hydrogens is 276 g/mol. The predicted octanol–water partition coefficient (Wildman–Crippen LogP) is 3.96. The van der Waals surface area contributed by atoms with Crippen LogP contribution in [0.15, 0.2) is 12.1 Å². The van der Waals surface area contributed by atoms with Gasteiger partial charge in [-0.15, -0.1) is 0 Å². The Morgan fingerprint density at radius 3 is 2.72 bits per heavy atom. The molecule has 0 radical (unpaired) electrons. The molecule has 18 heavy (non-hydrogen) atoms. The van der Waals surface area contributed by atoms with Crippen LogP contribution in [-0.4, -0.2) is 18.8 Å². The van der Waals surface area contributed by atoms with Crippen LogP contribution in [0, 0.1) is 5.82 Å². The Morgan fingerprint density at radius 2 is 2.11 bits per heavy atom. The summed E-state index contributed by atoms with van der Waals surface area (Å²) in [6.07, 6.45) is 1.13. The van der Waals surface area contributed by atoms with Crippen molar-refractivity contribution < 1.29 is 9.13 Å². The third-order valence-corrected chi connectivity index (χ3v) is 3.96. The van der Waals surface area contributed by atoms with Gasteiger partial charge in [-0.25, -0.2) is 4.39 Å². The molecule has 1 aliphatic rings. The van der Waals surface area contributed by atoms with E-state index in [1.807, 2.05) is 13.8 Å². The molecule has 0 aromatic heterocycles. The molecule has 2 rings (SSSR count). The van der Waals surface area contributed by atoms with Crippen molar-refractivity contribution in [3.05, 3.63) is 33.6 Å². The number of benzene rings is 1. The zero-order valence-electron chi connectivity index (χ0n) is 10.3. The van der Waals surface area contributed by atoms with Crippen LogP contribution in [0.1, 0.15) is 31.9 Å². The Kier molecular flexibility index (Phi) is 4.49. The van der Waals surface area contributed by atoms with Crippen LogP contribution in [0.2, 0.25) is 10.0 Å². The van der Waals surface area contributed by atoms with Crippen LogP contribution in [0.25, 0.3) is 0 Å². The van der Waals surface area contributed by atoms with E-state index in [1.54, 1.807) is 0 Å². The second-order valence-electron chi connectivity index (χ2n) is 4.65. The Hall–Kier alpha value is -0.350. The lowest BCUT2D eigenvalue weighted by Gasteiger charge is -2.23. The molecule has 0 amide bonds. The summed E-state index contributed by atoms with van der Waals surface area (Å²) in [6.45, 7) is 4.75. The Labute approximate surface area is 116 Å². The monoisotopic (exact) mass is 291 g/mol. The Morgan fingerprint density at radius 1 is 1.39 bits per heavy atom. The van der Waals surface area contributed by atoms with E-state index in [0.29, 0.717) is 5.02 Å². The first-order valence-electron chi connectivity index (χ1n) is 6.01. The van der Waals surface area contributed by atoms with E-state index >= 15 is 0 Å². The topological polar surface area (TPSA) is 21.3 Å². The molecule has 1 fully saturated rings. The fourth-order valence-electron chi connectivity index (χ4n) is 2.23. The minimum Gasteiger partial charge on any atom is -0.377 e. The molecule has 0 bridgehead atoms. The molecule has 1 aliphatic heterocycles. The molecule has 0 spiro atoms. The van der Waals surface area contributed by atoms with Crippen LogP contribution in [0.5, 0.6) is 0 Å². The molecule has 1 saturated heterocycles. The van der Waals surface area contributed by atoms with Crippen molar-refractivity contribution in [3.8, 4) is 0 Å². The maximum Gasteiger partial charge on any atom is 0.142 e. The number of halogens is 3.